The fourth-order valence-electron chi connectivity index (χ4n) is 2.78. The molecule has 3 rings (SSSR count). The molecule has 1 aromatic rings. The van der Waals surface area contributed by atoms with E-state index >= 15 is 0 Å². The molecule has 0 spiro atoms. The van der Waals surface area contributed by atoms with E-state index < -0.39 is 0 Å². The summed E-state index contributed by atoms with van der Waals surface area (Å²) in [5.74, 6) is 3.05. The van der Waals surface area contributed by atoms with Crippen molar-refractivity contribution in [3.8, 4) is 5.75 Å². The van der Waals surface area contributed by atoms with Crippen LogP contribution in [0.2, 0.25) is 0 Å². The lowest BCUT2D eigenvalue weighted by molar-refractivity contribution is 0.138. The quantitative estimate of drug-likeness (QED) is 0.900. The molecule has 0 amide bonds. The van der Waals surface area contributed by atoms with E-state index in [0.29, 0.717) is 12.1 Å². The lowest BCUT2D eigenvalue weighted by Gasteiger charge is -2.36. The summed E-state index contributed by atoms with van der Waals surface area (Å²) in [7, 11) is 2.07. The molecule has 2 atom stereocenters. The largest absolute Gasteiger partial charge is 0.487 e. The highest BCUT2D eigenvalue weighted by Crippen LogP contribution is 2.38. The molecule has 2 nitrogen and oxygen atoms in total. The van der Waals surface area contributed by atoms with Gasteiger partial charge in [0.1, 0.15) is 11.9 Å². The Kier molecular flexibility index (Phi) is 3.80. The van der Waals surface area contributed by atoms with Crippen LogP contribution in [0.1, 0.15) is 25.7 Å². The first-order chi connectivity index (χ1) is 8.86. The first-order valence-corrected chi connectivity index (χ1v) is 7.91. The zero-order valence-corrected chi connectivity index (χ0v) is 11.7. The molecule has 1 aliphatic heterocycles. The number of likely N-dealkylation sites (N-methyl/N-ethyl adjacent to an activating group) is 1. The van der Waals surface area contributed by atoms with Crippen LogP contribution in [0.5, 0.6) is 5.75 Å². The van der Waals surface area contributed by atoms with E-state index in [4.69, 9.17) is 4.74 Å². The number of para-hydroxylation sites is 1. The van der Waals surface area contributed by atoms with Crippen molar-refractivity contribution in [2.45, 2.75) is 42.7 Å². The van der Waals surface area contributed by atoms with Gasteiger partial charge in [-0.15, -0.1) is 11.8 Å². The number of hydrogen-bond donors (Lipinski definition) is 1. The molecule has 98 valence electrons. The maximum absolute atomic E-state index is 6.17. The second kappa shape index (κ2) is 5.54. The van der Waals surface area contributed by atoms with E-state index in [1.807, 2.05) is 11.8 Å². The van der Waals surface area contributed by atoms with Crippen molar-refractivity contribution in [3.05, 3.63) is 24.3 Å². The molecule has 1 fully saturated rings. The Hall–Kier alpha value is -0.670. The van der Waals surface area contributed by atoms with Gasteiger partial charge in [-0.05, 0) is 31.5 Å². The number of rotatable bonds is 4. The van der Waals surface area contributed by atoms with Gasteiger partial charge in [0.05, 0.1) is 0 Å². The maximum atomic E-state index is 6.17. The summed E-state index contributed by atoms with van der Waals surface area (Å²) in [4.78, 5) is 1.28. The average Bonchev–Trinajstić information content (AvgIpc) is 2.37. The molecule has 3 heteroatoms. The van der Waals surface area contributed by atoms with Gasteiger partial charge >= 0.3 is 0 Å². The number of benzene rings is 1. The highest BCUT2D eigenvalue weighted by atomic mass is 32.2. The third-order valence-corrected chi connectivity index (χ3v) is 5.31. The summed E-state index contributed by atoms with van der Waals surface area (Å²) in [6.45, 7) is 0. The van der Waals surface area contributed by atoms with Crippen LogP contribution in [0.3, 0.4) is 0 Å². The van der Waals surface area contributed by atoms with E-state index in [2.05, 4.69) is 36.6 Å². The minimum Gasteiger partial charge on any atom is -0.487 e. The van der Waals surface area contributed by atoms with Crippen molar-refractivity contribution in [2.75, 3.05) is 12.8 Å². The Labute approximate surface area is 113 Å². The van der Waals surface area contributed by atoms with E-state index in [-0.39, 0.29) is 0 Å². The zero-order chi connectivity index (χ0) is 12.4. The fraction of sp³-hybridized carbons (Fsp3) is 0.600. The first-order valence-electron chi connectivity index (χ1n) is 6.92. The zero-order valence-electron chi connectivity index (χ0n) is 10.9. The summed E-state index contributed by atoms with van der Waals surface area (Å²) in [6, 6.07) is 8.87. The molecule has 18 heavy (non-hydrogen) atoms. The first kappa shape index (κ1) is 12.4. The summed E-state index contributed by atoms with van der Waals surface area (Å²) in [6.07, 6.45) is 5.83. The summed E-state index contributed by atoms with van der Waals surface area (Å²) in [5, 5.41) is 3.46. The minimum absolute atomic E-state index is 0.315. The van der Waals surface area contributed by atoms with Crippen molar-refractivity contribution in [1.29, 1.82) is 0 Å². The Balaban J connectivity index is 1.65. The fourth-order valence-corrected chi connectivity index (χ4v) is 3.85. The Morgan fingerprint density at radius 1 is 1.39 bits per heavy atom. The van der Waals surface area contributed by atoms with Gasteiger partial charge < -0.3 is 10.1 Å². The third-order valence-electron chi connectivity index (χ3n) is 4.16. The molecule has 0 saturated heterocycles. The topological polar surface area (TPSA) is 21.3 Å². The van der Waals surface area contributed by atoms with Crippen LogP contribution in [0.15, 0.2) is 29.2 Å². The molecule has 0 aromatic heterocycles. The second-order valence-electron chi connectivity index (χ2n) is 5.34. The number of nitrogens with one attached hydrogen (secondary N) is 1. The highest BCUT2D eigenvalue weighted by molar-refractivity contribution is 7.99. The van der Waals surface area contributed by atoms with Gasteiger partial charge in [-0.2, -0.15) is 0 Å². The van der Waals surface area contributed by atoms with Crippen LogP contribution in [-0.2, 0) is 0 Å². The predicted molar refractivity (Wildman–Crippen MR) is 76.4 cm³/mol. The molecule has 1 saturated carbocycles. The summed E-state index contributed by atoms with van der Waals surface area (Å²) in [5.41, 5.74) is 0. The lowest BCUT2D eigenvalue weighted by Crippen LogP contribution is -2.45. The van der Waals surface area contributed by atoms with Crippen molar-refractivity contribution < 1.29 is 4.74 Å². The van der Waals surface area contributed by atoms with E-state index in [1.54, 1.807) is 0 Å². The molecule has 1 aliphatic carbocycles. The number of ether oxygens (including phenoxy) is 1. The Morgan fingerprint density at radius 3 is 2.94 bits per heavy atom. The smallest absolute Gasteiger partial charge is 0.133 e. The second-order valence-corrected chi connectivity index (χ2v) is 6.40. The van der Waals surface area contributed by atoms with Gasteiger partial charge in [-0.25, -0.2) is 0 Å². The van der Waals surface area contributed by atoms with Crippen molar-refractivity contribution in [1.82, 2.24) is 5.32 Å². The SMILES string of the molecule is CNC(CC1CCC1)C1CSc2ccccc2O1. The van der Waals surface area contributed by atoms with Crippen LogP contribution < -0.4 is 10.1 Å². The normalized spacial score (nSPS) is 24.8. The molecule has 2 aliphatic rings. The molecule has 1 aromatic carbocycles. The molecule has 1 heterocycles. The van der Waals surface area contributed by atoms with E-state index in [9.17, 15) is 0 Å². The van der Waals surface area contributed by atoms with Crippen molar-refractivity contribution in [2.24, 2.45) is 5.92 Å². The number of thioether (sulfide) groups is 1. The minimum atomic E-state index is 0.315. The van der Waals surface area contributed by atoms with Gasteiger partial charge in [0.2, 0.25) is 0 Å². The average molecular weight is 263 g/mol. The van der Waals surface area contributed by atoms with E-state index in [1.165, 1.54) is 30.6 Å². The van der Waals surface area contributed by atoms with E-state index in [0.717, 1.165) is 17.4 Å². The monoisotopic (exact) mass is 263 g/mol. The van der Waals surface area contributed by atoms with Gasteiger partial charge in [0.25, 0.3) is 0 Å². The van der Waals surface area contributed by atoms with Crippen molar-refractivity contribution >= 4 is 11.8 Å². The molecule has 0 bridgehead atoms. The number of fused-ring (bicyclic) bond motifs is 1. The molecule has 0 radical (unpaired) electrons. The van der Waals surface area contributed by atoms with Crippen LogP contribution >= 0.6 is 11.8 Å². The predicted octanol–water partition coefficient (Wildman–Crippen LogP) is 3.32. The molecule has 2 unspecified atom stereocenters. The summed E-state index contributed by atoms with van der Waals surface area (Å²) >= 11 is 1.93. The summed E-state index contributed by atoms with van der Waals surface area (Å²) < 4.78 is 6.17. The van der Waals surface area contributed by atoms with Crippen LogP contribution in [0, 0.1) is 5.92 Å². The van der Waals surface area contributed by atoms with Gasteiger partial charge in [0.15, 0.2) is 0 Å². The Bertz CT molecular complexity index is 405. The van der Waals surface area contributed by atoms with Gasteiger partial charge in [0, 0.05) is 16.7 Å². The van der Waals surface area contributed by atoms with Gasteiger partial charge in [-0.3, -0.25) is 0 Å². The highest BCUT2D eigenvalue weighted by Gasteiger charge is 2.30. The van der Waals surface area contributed by atoms with Crippen LogP contribution in [0.4, 0.5) is 0 Å². The molecular formula is C15H21NOS. The maximum Gasteiger partial charge on any atom is 0.133 e. The Morgan fingerprint density at radius 2 is 2.22 bits per heavy atom. The standard InChI is InChI=1S/C15H21NOS/c1-16-12(9-11-5-4-6-11)14-10-18-15-8-3-2-7-13(15)17-14/h2-3,7-8,11-12,14,16H,4-6,9-10H2,1H3. The molecular weight excluding hydrogens is 242 g/mol. The van der Waals surface area contributed by atoms with Crippen LogP contribution in [0.25, 0.3) is 0 Å². The van der Waals surface area contributed by atoms with Crippen molar-refractivity contribution in [3.63, 3.8) is 0 Å². The number of hydrogen-bond acceptors (Lipinski definition) is 3. The molecule has 1 N–H and O–H groups in total. The third kappa shape index (κ3) is 2.52. The van der Waals surface area contributed by atoms with Crippen LogP contribution in [-0.4, -0.2) is 24.9 Å². The van der Waals surface area contributed by atoms with Gasteiger partial charge in [-0.1, -0.05) is 31.4 Å². The lowest BCUT2D eigenvalue weighted by atomic mass is 9.80.